The predicted octanol–water partition coefficient (Wildman–Crippen LogP) is -0.673. The largest absolute Gasteiger partial charge is 0.383 e. The van der Waals surface area contributed by atoms with Crippen molar-refractivity contribution < 1.29 is 27.7 Å². The van der Waals surface area contributed by atoms with E-state index in [1.54, 1.807) is 18.2 Å². The van der Waals surface area contributed by atoms with Crippen LogP contribution in [0.4, 0.5) is 0 Å². The van der Waals surface area contributed by atoms with Crippen molar-refractivity contribution in [3.8, 4) is 0 Å². The summed E-state index contributed by atoms with van der Waals surface area (Å²) in [6.07, 6.45) is -1.19. The van der Waals surface area contributed by atoms with E-state index >= 15 is 0 Å². The molecule has 0 spiro atoms. The third kappa shape index (κ3) is 4.24. The molecule has 8 heteroatoms. The van der Waals surface area contributed by atoms with Gasteiger partial charge in [-0.15, -0.1) is 0 Å². The minimum Gasteiger partial charge on any atom is -0.383 e. The molecule has 2 rings (SSSR count). The van der Waals surface area contributed by atoms with Gasteiger partial charge < -0.3 is 5.11 Å². The van der Waals surface area contributed by atoms with E-state index in [4.69, 9.17) is 9.66 Å². The van der Waals surface area contributed by atoms with Crippen molar-refractivity contribution >= 4 is 21.9 Å². The second-order valence-electron chi connectivity index (χ2n) is 3.42. The number of benzene rings is 1. The average Bonchev–Trinajstić information content (AvgIpc) is 2.57. The van der Waals surface area contributed by atoms with Crippen LogP contribution in [-0.2, 0) is 19.7 Å². The van der Waals surface area contributed by atoms with E-state index < -0.39 is 28.0 Å². The van der Waals surface area contributed by atoms with Gasteiger partial charge in [0.25, 0.3) is 16.0 Å². The highest BCUT2D eigenvalue weighted by Gasteiger charge is 2.27. The minimum absolute atomic E-state index is 0.0741. The zero-order chi connectivity index (χ0) is 13.8. The molecule has 0 saturated carbocycles. The quantitative estimate of drug-likeness (QED) is 0.461. The third-order valence-electron chi connectivity index (χ3n) is 1.99. The van der Waals surface area contributed by atoms with E-state index in [2.05, 4.69) is 0 Å². The number of amides is 2. The molecule has 2 amide bonds. The summed E-state index contributed by atoms with van der Waals surface area (Å²) in [5, 5.41) is 10.5. The highest BCUT2D eigenvalue weighted by atomic mass is 32.2. The molecule has 3 N–H and O–H groups in total. The fraction of sp³-hybridized carbons (Fsp3) is 0.200. The van der Waals surface area contributed by atoms with Crippen LogP contribution in [0.15, 0.2) is 35.2 Å². The maximum Gasteiger partial charge on any atom is 0.294 e. The van der Waals surface area contributed by atoms with Crippen molar-refractivity contribution in [3.63, 3.8) is 0 Å². The first-order chi connectivity index (χ1) is 8.30. The molecule has 18 heavy (non-hydrogen) atoms. The van der Waals surface area contributed by atoms with Gasteiger partial charge in [-0.05, 0) is 12.1 Å². The van der Waals surface area contributed by atoms with Gasteiger partial charge in [-0.2, -0.15) is 8.42 Å². The predicted molar refractivity (Wildman–Crippen MR) is 60.0 cm³/mol. The molecule has 1 aliphatic rings. The van der Waals surface area contributed by atoms with E-state index in [0.717, 1.165) is 0 Å². The number of hydrogen-bond donors (Lipinski definition) is 3. The van der Waals surface area contributed by atoms with E-state index in [1.807, 2.05) is 5.32 Å². The van der Waals surface area contributed by atoms with E-state index in [-0.39, 0.29) is 11.3 Å². The first kappa shape index (κ1) is 14.3. The fourth-order valence-electron chi connectivity index (χ4n) is 1.13. The molecule has 7 nitrogen and oxygen atoms in total. The average molecular weight is 273 g/mol. The third-order valence-corrected chi connectivity index (χ3v) is 2.85. The summed E-state index contributed by atoms with van der Waals surface area (Å²) in [7, 11) is -4.00. The first-order valence-corrected chi connectivity index (χ1v) is 6.29. The number of aliphatic hydroxyl groups excluding tert-OH is 1. The van der Waals surface area contributed by atoms with E-state index in [9.17, 15) is 18.0 Å². The standard InChI is InChI=1S/C6H6O3S.C4H5NO3/c7-10(8,9)6-4-2-1-3-5-6;6-2-1-3(7)5-4(2)8/h1-5H,(H,7,8,9);2,6H,1H2,(H,5,7,8). The van der Waals surface area contributed by atoms with Crippen LogP contribution in [0.1, 0.15) is 6.42 Å². The summed E-state index contributed by atoms with van der Waals surface area (Å²) in [6.45, 7) is 0. The molecule has 98 valence electrons. The van der Waals surface area contributed by atoms with Gasteiger partial charge in [0, 0.05) is 0 Å². The number of nitrogens with one attached hydrogen (secondary N) is 1. The highest BCUT2D eigenvalue weighted by Crippen LogP contribution is 2.05. The van der Waals surface area contributed by atoms with Gasteiger partial charge in [0.15, 0.2) is 0 Å². The molecule has 1 aliphatic heterocycles. The minimum atomic E-state index is -4.00. The van der Waals surface area contributed by atoms with E-state index in [0.29, 0.717) is 0 Å². The smallest absolute Gasteiger partial charge is 0.294 e. The second-order valence-corrected chi connectivity index (χ2v) is 4.84. The molecule has 0 radical (unpaired) electrons. The van der Waals surface area contributed by atoms with Crippen LogP contribution in [0, 0.1) is 0 Å². The Morgan fingerprint density at radius 3 is 1.94 bits per heavy atom. The van der Waals surface area contributed by atoms with Gasteiger partial charge in [-0.25, -0.2) is 0 Å². The Morgan fingerprint density at radius 1 is 1.17 bits per heavy atom. The van der Waals surface area contributed by atoms with E-state index in [1.165, 1.54) is 12.1 Å². The van der Waals surface area contributed by atoms with Crippen molar-refractivity contribution in [1.29, 1.82) is 0 Å². The Labute approximate surface area is 103 Å². The normalized spacial score (nSPS) is 18.9. The molecule has 1 aromatic rings. The zero-order valence-electron chi connectivity index (χ0n) is 9.11. The summed E-state index contributed by atoms with van der Waals surface area (Å²) in [4.78, 5) is 20.3. The number of aliphatic hydroxyl groups is 1. The summed E-state index contributed by atoms with van der Waals surface area (Å²) in [6, 6.07) is 7.42. The molecule has 1 atom stereocenters. The summed E-state index contributed by atoms with van der Waals surface area (Å²) in [5.74, 6) is -0.988. The summed E-state index contributed by atoms with van der Waals surface area (Å²) in [5.41, 5.74) is 0. The van der Waals surface area contributed by atoms with Crippen LogP contribution in [0.3, 0.4) is 0 Å². The second kappa shape index (κ2) is 5.71. The lowest BCUT2D eigenvalue weighted by Gasteiger charge is -1.92. The van der Waals surface area contributed by atoms with Crippen LogP contribution in [0.25, 0.3) is 0 Å². The topological polar surface area (TPSA) is 121 Å². The van der Waals surface area contributed by atoms with Gasteiger partial charge in [-0.1, -0.05) is 18.2 Å². The molecule has 0 aliphatic carbocycles. The Bertz CT molecular complexity index is 539. The Kier molecular flexibility index (Phi) is 4.54. The molecule has 0 bridgehead atoms. The van der Waals surface area contributed by atoms with Crippen LogP contribution in [0.2, 0.25) is 0 Å². The monoisotopic (exact) mass is 273 g/mol. The van der Waals surface area contributed by atoms with Crippen molar-refractivity contribution in [2.24, 2.45) is 0 Å². The maximum atomic E-state index is 10.4. The SMILES string of the molecule is O=C1CC(O)C(=O)N1.O=S(=O)(O)c1ccccc1. The molecule has 1 unspecified atom stereocenters. The maximum absolute atomic E-state index is 10.4. The molecule has 1 aromatic carbocycles. The Hall–Kier alpha value is -1.77. The first-order valence-electron chi connectivity index (χ1n) is 4.85. The molecular weight excluding hydrogens is 262 g/mol. The lowest BCUT2D eigenvalue weighted by atomic mass is 10.3. The van der Waals surface area contributed by atoms with Crippen LogP contribution in [0.5, 0.6) is 0 Å². The number of rotatable bonds is 1. The van der Waals surface area contributed by atoms with Gasteiger partial charge in [0.1, 0.15) is 6.10 Å². The molecule has 1 saturated heterocycles. The Morgan fingerprint density at radius 2 is 1.72 bits per heavy atom. The van der Waals surface area contributed by atoms with Gasteiger partial charge in [-0.3, -0.25) is 19.5 Å². The number of hydrogen-bond acceptors (Lipinski definition) is 5. The molecular formula is C10H11NO6S. The van der Waals surface area contributed by atoms with Gasteiger partial charge in [0.2, 0.25) is 5.91 Å². The van der Waals surface area contributed by atoms with Crippen molar-refractivity contribution in [2.45, 2.75) is 17.4 Å². The van der Waals surface area contributed by atoms with Gasteiger partial charge in [0.05, 0.1) is 11.3 Å². The Balaban J connectivity index is 0.000000184. The molecule has 1 fully saturated rings. The fourth-order valence-corrected chi connectivity index (χ4v) is 1.63. The van der Waals surface area contributed by atoms with Crippen LogP contribution >= 0.6 is 0 Å². The number of imide groups is 1. The van der Waals surface area contributed by atoms with Crippen LogP contribution < -0.4 is 5.32 Å². The molecule has 0 aromatic heterocycles. The van der Waals surface area contributed by atoms with Crippen molar-refractivity contribution in [2.75, 3.05) is 0 Å². The summed E-state index contributed by atoms with van der Waals surface area (Å²) >= 11 is 0. The number of carbonyl (C=O) groups is 2. The highest BCUT2D eigenvalue weighted by molar-refractivity contribution is 7.85. The van der Waals surface area contributed by atoms with Crippen molar-refractivity contribution in [1.82, 2.24) is 5.32 Å². The lowest BCUT2D eigenvalue weighted by molar-refractivity contribution is -0.127. The van der Waals surface area contributed by atoms with Crippen LogP contribution in [-0.4, -0.2) is 36.0 Å². The zero-order valence-corrected chi connectivity index (χ0v) is 9.92. The lowest BCUT2D eigenvalue weighted by Crippen LogP contribution is -2.24. The number of carbonyl (C=O) groups excluding carboxylic acids is 2. The van der Waals surface area contributed by atoms with Gasteiger partial charge >= 0.3 is 0 Å². The van der Waals surface area contributed by atoms with Crippen molar-refractivity contribution in [3.05, 3.63) is 30.3 Å². The summed E-state index contributed by atoms with van der Waals surface area (Å²) < 4.78 is 29.2. The molecule has 1 heterocycles.